The Bertz CT molecular complexity index is 726. The number of hydrogen-bond donors (Lipinski definition) is 0. The van der Waals surface area contributed by atoms with Gasteiger partial charge in [0.15, 0.2) is 0 Å². The second kappa shape index (κ2) is 5.88. The lowest BCUT2D eigenvalue weighted by Gasteiger charge is -2.53. The summed E-state index contributed by atoms with van der Waals surface area (Å²) < 4.78 is 5.67. The standard InChI is InChI=1S/C22H24O/c1-3-5-17-14-21-19-11-8-16(13-20(19)22(17)21)15-6-9-18(10-7-15)23-12-4-2/h3,5-11,13,17,21-22H,4,12,14H2,1-2H3/b5-3-. The van der Waals surface area contributed by atoms with Crippen LogP contribution in [-0.4, -0.2) is 6.61 Å². The molecule has 2 aromatic rings. The van der Waals surface area contributed by atoms with Gasteiger partial charge < -0.3 is 4.74 Å². The van der Waals surface area contributed by atoms with Crippen molar-refractivity contribution in [1.82, 2.24) is 0 Å². The molecule has 118 valence electrons. The second-order valence-electron chi connectivity index (χ2n) is 6.77. The molecular formula is C22H24O. The fourth-order valence-corrected chi connectivity index (χ4v) is 4.15. The van der Waals surface area contributed by atoms with Gasteiger partial charge in [0.1, 0.15) is 5.75 Å². The van der Waals surface area contributed by atoms with Crippen LogP contribution in [0, 0.1) is 5.92 Å². The zero-order valence-electron chi connectivity index (χ0n) is 14.0. The summed E-state index contributed by atoms with van der Waals surface area (Å²) in [5, 5.41) is 0. The van der Waals surface area contributed by atoms with E-state index in [0.29, 0.717) is 0 Å². The number of benzene rings is 2. The van der Waals surface area contributed by atoms with E-state index in [1.807, 2.05) is 0 Å². The van der Waals surface area contributed by atoms with E-state index in [4.69, 9.17) is 4.74 Å². The molecule has 3 atom stereocenters. The van der Waals surface area contributed by atoms with Gasteiger partial charge in [-0.2, -0.15) is 0 Å². The Morgan fingerprint density at radius 2 is 1.83 bits per heavy atom. The quantitative estimate of drug-likeness (QED) is 0.623. The molecule has 0 heterocycles. The number of allylic oxidation sites excluding steroid dienone is 2. The molecule has 0 N–H and O–H groups in total. The highest BCUT2D eigenvalue weighted by Gasteiger charge is 2.50. The maximum atomic E-state index is 5.67. The van der Waals surface area contributed by atoms with Gasteiger partial charge in [-0.1, -0.05) is 49.4 Å². The summed E-state index contributed by atoms with van der Waals surface area (Å²) in [6.45, 7) is 5.05. The smallest absolute Gasteiger partial charge is 0.119 e. The van der Waals surface area contributed by atoms with Crippen molar-refractivity contribution < 1.29 is 4.74 Å². The molecule has 3 unspecified atom stereocenters. The van der Waals surface area contributed by atoms with Gasteiger partial charge in [-0.05, 0) is 71.9 Å². The Morgan fingerprint density at radius 3 is 2.57 bits per heavy atom. The van der Waals surface area contributed by atoms with Crippen molar-refractivity contribution in [2.45, 2.75) is 38.5 Å². The molecule has 1 fully saturated rings. The van der Waals surface area contributed by atoms with Crippen LogP contribution in [0.15, 0.2) is 54.6 Å². The first kappa shape index (κ1) is 14.6. The minimum atomic E-state index is 0.762. The molecule has 23 heavy (non-hydrogen) atoms. The summed E-state index contributed by atoms with van der Waals surface area (Å²) in [4.78, 5) is 0. The van der Waals surface area contributed by atoms with Gasteiger partial charge in [-0.15, -0.1) is 0 Å². The highest BCUT2D eigenvalue weighted by Crippen LogP contribution is 2.63. The van der Waals surface area contributed by atoms with Crippen molar-refractivity contribution in [1.29, 1.82) is 0 Å². The van der Waals surface area contributed by atoms with Crippen LogP contribution in [0.25, 0.3) is 11.1 Å². The van der Waals surface area contributed by atoms with E-state index in [2.05, 4.69) is 68.5 Å². The Kier molecular flexibility index (Phi) is 3.72. The average molecular weight is 304 g/mol. The van der Waals surface area contributed by atoms with Gasteiger partial charge in [0.05, 0.1) is 6.61 Å². The third kappa shape index (κ3) is 2.39. The predicted molar refractivity (Wildman–Crippen MR) is 96.1 cm³/mol. The largest absolute Gasteiger partial charge is 0.494 e. The van der Waals surface area contributed by atoms with Gasteiger partial charge in [0.25, 0.3) is 0 Å². The Balaban J connectivity index is 1.56. The first-order valence-corrected chi connectivity index (χ1v) is 8.81. The van der Waals surface area contributed by atoms with Crippen LogP contribution >= 0.6 is 0 Å². The van der Waals surface area contributed by atoms with Gasteiger partial charge in [0.2, 0.25) is 0 Å². The molecule has 4 rings (SSSR count). The third-order valence-electron chi connectivity index (χ3n) is 5.37. The van der Waals surface area contributed by atoms with Crippen LogP contribution in [0.3, 0.4) is 0 Å². The van der Waals surface area contributed by atoms with Gasteiger partial charge in [0, 0.05) is 0 Å². The topological polar surface area (TPSA) is 9.23 Å². The second-order valence-corrected chi connectivity index (χ2v) is 6.77. The van der Waals surface area contributed by atoms with Crippen LogP contribution in [0.4, 0.5) is 0 Å². The lowest BCUT2D eigenvalue weighted by atomic mass is 9.50. The normalized spacial score (nSPS) is 24.5. The third-order valence-corrected chi connectivity index (χ3v) is 5.37. The van der Waals surface area contributed by atoms with Crippen LogP contribution < -0.4 is 4.74 Å². The summed E-state index contributed by atoms with van der Waals surface area (Å²) in [6, 6.07) is 15.5. The molecule has 0 spiro atoms. The molecule has 0 amide bonds. The molecule has 0 aromatic heterocycles. The maximum absolute atomic E-state index is 5.67. The average Bonchev–Trinajstić information content (AvgIpc) is 2.56. The molecule has 2 aliphatic rings. The number of ether oxygens (including phenoxy) is 1. The lowest BCUT2D eigenvalue weighted by molar-refractivity contribution is 0.214. The van der Waals surface area contributed by atoms with E-state index in [-0.39, 0.29) is 0 Å². The Morgan fingerprint density at radius 1 is 1.04 bits per heavy atom. The van der Waals surface area contributed by atoms with E-state index in [0.717, 1.165) is 36.5 Å². The molecule has 1 heteroatoms. The predicted octanol–water partition coefficient (Wildman–Crippen LogP) is 5.92. The van der Waals surface area contributed by atoms with Crippen molar-refractivity contribution >= 4 is 0 Å². The molecular weight excluding hydrogens is 280 g/mol. The summed E-state index contributed by atoms with van der Waals surface area (Å²) in [7, 11) is 0. The van der Waals surface area contributed by atoms with Gasteiger partial charge in [-0.3, -0.25) is 0 Å². The van der Waals surface area contributed by atoms with Crippen molar-refractivity contribution in [2.24, 2.45) is 5.92 Å². The van der Waals surface area contributed by atoms with Crippen molar-refractivity contribution in [3.63, 3.8) is 0 Å². The minimum absolute atomic E-state index is 0.762. The zero-order chi connectivity index (χ0) is 15.8. The van der Waals surface area contributed by atoms with Gasteiger partial charge >= 0.3 is 0 Å². The van der Waals surface area contributed by atoms with Crippen LogP contribution in [0.5, 0.6) is 5.75 Å². The number of hydrogen-bond acceptors (Lipinski definition) is 1. The maximum Gasteiger partial charge on any atom is 0.119 e. The Hall–Kier alpha value is -2.02. The van der Waals surface area contributed by atoms with Crippen molar-refractivity contribution in [3.05, 3.63) is 65.7 Å². The molecule has 1 nitrogen and oxygen atoms in total. The number of fused-ring (bicyclic) bond motifs is 4. The molecule has 0 aliphatic heterocycles. The SMILES string of the molecule is C/C=C\C1CC2c3ccc(-c4ccc(OCCC)cc4)cc3C12. The molecule has 2 aromatic carbocycles. The molecule has 0 bridgehead atoms. The summed E-state index contributed by atoms with van der Waals surface area (Å²) in [5.74, 6) is 3.32. The minimum Gasteiger partial charge on any atom is -0.494 e. The summed E-state index contributed by atoms with van der Waals surface area (Å²) in [6.07, 6.45) is 6.97. The van der Waals surface area contributed by atoms with E-state index in [9.17, 15) is 0 Å². The summed E-state index contributed by atoms with van der Waals surface area (Å²) >= 11 is 0. The van der Waals surface area contributed by atoms with E-state index >= 15 is 0 Å². The lowest BCUT2D eigenvalue weighted by Crippen LogP contribution is -2.40. The highest BCUT2D eigenvalue weighted by atomic mass is 16.5. The van der Waals surface area contributed by atoms with Crippen LogP contribution in [-0.2, 0) is 0 Å². The fraction of sp³-hybridized carbons (Fsp3) is 0.364. The first-order valence-electron chi connectivity index (χ1n) is 8.81. The fourth-order valence-electron chi connectivity index (χ4n) is 4.15. The van der Waals surface area contributed by atoms with E-state index in [1.54, 1.807) is 11.1 Å². The molecule has 0 saturated heterocycles. The summed E-state index contributed by atoms with van der Waals surface area (Å²) in [5.41, 5.74) is 5.77. The molecule has 2 aliphatic carbocycles. The molecule has 0 radical (unpaired) electrons. The van der Waals surface area contributed by atoms with E-state index in [1.165, 1.54) is 17.5 Å². The highest BCUT2D eigenvalue weighted by molar-refractivity contribution is 5.68. The van der Waals surface area contributed by atoms with Crippen LogP contribution in [0.2, 0.25) is 0 Å². The van der Waals surface area contributed by atoms with Crippen molar-refractivity contribution in [2.75, 3.05) is 6.61 Å². The first-order chi connectivity index (χ1) is 11.3. The monoisotopic (exact) mass is 304 g/mol. The Labute approximate surface area is 139 Å². The van der Waals surface area contributed by atoms with E-state index < -0.39 is 0 Å². The van der Waals surface area contributed by atoms with Crippen molar-refractivity contribution in [3.8, 4) is 16.9 Å². The van der Waals surface area contributed by atoms with Crippen LogP contribution in [0.1, 0.15) is 49.7 Å². The van der Waals surface area contributed by atoms with Gasteiger partial charge in [-0.25, -0.2) is 0 Å². The zero-order valence-corrected chi connectivity index (χ0v) is 14.0. The molecule has 1 saturated carbocycles. The number of rotatable bonds is 5.